The van der Waals surface area contributed by atoms with Crippen molar-refractivity contribution in [3.05, 3.63) is 42.5 Å². The van der Waals surface area contributed by atoms with Crippen molar-refractivity contribution in [2.45, 2.75) is 20.4 Å². The van der Waals surface area contributed by atoms with Gasteiger partial charge in [0.05, 0.1) is 12.1 Å². The van der Waals surface area contributed by atoms with Crippen molar-refractivity contribution in [2.24, 2.45) is 0 Å². The molecule has 0 fully saturated rings. The maximum Gasteiger partial charge on any atom is 0.344 e. The van der Waals surface area contributed by atoms with Crippen LogP contribution in [-0.4, -0.2) is 23.8 Å². The van der Waals surface area contributed by atoms with Gasteiger partial charge in [-0.2, -0.15) is 0 Å². The molecule has 0 aliphatic carbocycles. The molecule has 0 radical (unpaired) electrons. The number of fused-ring (bicyclic) bond motifs is 3. The molecular weight excluding hydrogens is 278 g/mol. The van der Waals surface area contributed by atoms with Gasteiger partial charge in [-0.1, -0.05) is 24.3 Å². The Morgan fingerprint density at radius 1 is 1.05 bits per heavy atom. The number of benzene rings is 2. The molecule has 0 aliphatic heterocycles. The second-order valence-corrected chi connectivity index (χ2v) is 5.01. The van der Waals surface area contributed by atoms with Crippen molar-refractivity contribution >= 4 is 27.8 Å². The highest BCUT2D eigenvalue weighted by Crippen LogP contribution is 2.35. The van der Waals surface area contributed by atoms with Gasteiger partial charge in [0.1, 0.15) is 5.75 Å². The van der Waals surface area contributed by atoms with E-state index in [0.717, 1.165) is 22.8 Å². The number of para-hydroxylation sites is 1. The van der Waals surface area contributed by atoms with E-state index in [2.05, 4.69) is 29.7 Å². The lowest BCUT2D eigenvalue weighted by atomic mass is 10.1. The van der Waals surface area contributed by atoms with Gasteiger partial charge < -0.3 is 14.0 Å². The number of nitrogens with zero attached hydrogens (tertiary/aromatic N) is 1. The number of hydrogen-bond acceptors (Lipinski definition) is 3. The Labute approximate surface area is 129 Å². The van der Waals surface area contributed by atoms with E-state index in [1.165, 1.54) is 5.52 Å². The molecule has 2 aromatic carbocycles. The first-order chi connectivity index (χ1) is 10.8. The lowest BCUT2D eigenvalue weighted by Gasteiger charge is -2.08. The standard InChI is InChI=1S/C18H19NO3/c1-3-19-14-9-6-5-8-13(14)18-15(19)10-7-11-16(18)22-12-17(20)21-4-2/h5-11H,3-4,12H2,1-2H3. The summed E-state index contributed by atoms with van der Waals surface area (Å²) in [6.45, 7) is 5.08. The minimum absolute atomic E-state index is 0.0708. The molecule has 3 aromatic rings. The molecule has 0 aliphatic rings. The summed E-state index contributed by atoms with van der Waals surface area (Å²) in [5.74, 6) is 0.368. The lowest BCUT2D eigenvalue weighted by Crippen LogP contribution is -2.14. The molecule has 1 heterocycles. The Balaban J connectivity index is 2.10. The number of esters is 1. The Bertz CT molecular complexity index is 820. The van der Waals surface area contributed by atoms with Gasteiger partial charge in [-0.3, -0.25) is 0 Å². The first-order valence-electron chi connectivity index (χ1n) is 7.54. The number of ether oxygens (including phenoxy) is 2. The number of carbonyl (C=O) groups excluding carboxylic acids is 1. The minimum Gasteiger partial charge on any atom is -0.481 e. The first-order valence-corrected chi connectivity index (χ1v) is 7.54. The summed E-state index contributed by atoms with van der Waals surface area (Å²) in [6, 6.07) is 14.2. The number of rotatable bonds is 5. The zero-order valence-electron chi connectivity index (χ0n) is 12.8. The molecule has 0 saturated carbocycles. The monoisotopic (exact) mass is 297 g/mol. The van der Waals surface area contributed by atoms with Crippen LogP contribution in [0.4, 0.5) is 0 Å². The molecule has 0 spiro atoms. The average Bonchev–Trinajstić information content (AvgIpc) is 2.87. The molecule has 4 heteroatoms. The van der Waals surface area contributed by atoms with Gasteiger partial charge in [0.25, 0.3) is 0 Å². The maximum atomic E-state index is 11.5. The quantitative estimate of drug-likeness (QED) is 0.673. The van der Waals surface area contributed by atoms with Crippen LogP contribution in [0.25, 0.3) is 21.8 Å². The molecule has 22 heavy (non-hydrogen) atoms. The van der Waals surface area contributed by atoms with Crippen molar-refractivity contribution in [3.8, 4) is 5.75 Å². The van der Waals surface area contributed by atoms with E-state index >= 15 is 0 Å². The normalized spacial score (nSPS) is 11.0. The summed E-state index contributed by atoms with van der Waals surface area (Å²) in [5, 5.41) is 2.18. The third kappa shape index (κ3) is 2.41. The fourth-order valence-corrected chi connectivity index (χ4v) is 2.87. The van der Waals surface area contributed by atoms with Crippen LogP contribution in [0.15, 0.2) is 42.5 Å². The summed E-state index contributed by atoms with van der Waals surface area (Å²) in [7, 11) is 0. The highest BCUT2D eigenvalue weighted by molar-refractivity contribution is 6.11. The van der Waals surface area contributed by atoms with Crippen LogP contribution in [0.5, 0.6) is 5.75 Å². The molecular formula is C18H19NO3. The molecule has 0 unspecified atom stereocenters. The number of aryl methyl sites for hydroxylation is 1. The van der Waals surface area contributed by atoms with Crippen LogP contribution >= 0.6 is 0 Å². The number of carbonyl (C=O) groups is 1. The highest BCUT2D eigenvalue weighted by Gasteiger charge is 2.14. The van der Waals surface area contributed by atoms with E-state index in [0.29, 0.717) is 12.4 Å². The predicted octanol–water partition coefficient (Wildman–Crippen LogP) is 3.76. The van der Waals surface area contributed by atoms with Crippen LogP contribution in [0, 0.1) is 0 Å². The molecule has 114 valence electrons. The Morgan fingerprint density at radius 2 is 1.82 bits per heavy atom. The van der Waals surface area contributed by atoms with Gasteiger partial charge >= 0.3 is 5.97 Å². The van der Waals surface area contributed by atoms with Gasteiger partial charge in [-0.25, -0.2) is 4.79 Å². The van der Waals surface area contributed by atoms with Crippen molar-refractivity contribution in [1.29, 1.82) is 0 Å². The largest absolute Gasteiger partial charge is 0.481 e. The fraction of sp³-hybridized carbons (Fsp3) is 0.278. The Hall–Kier alpha value is -2.49. The molecule has 4 nitrogen and oxygen atoms in total. The molecule has 0 atom stereocenters. The molecule has 0 N–H and O–H groups in total. The molecule has 0 bridgehead atoms. The van der Waals surface area contributed by atoms with Gasteiger partial charge in [0.2, 0.25) is 0 Å². The van der Waals surface area contributed by atoms with Gasteiger partial charge in [-0.15, -0.1) is 0 Å². The van der Waals surface area contributed by atoms with E-state index in [9.17, 15) is 4.79 Å². The number of hydrogen-bond donors (Lipinski definition) is 0. The average molecular weight is 297 g/mol. The second kappa shape index (κ2) is 6.10. The summed E-state index contributed by atoms with van der Waals surface area (Å²) < 4.78 is 12.9. The second-order valence-electron chi connectivity index (χ2n) is 5.01. The molecule has 0 saturated heterocycles. The van der Waals surface area contributed by atoms with Crippen molar-refractivity contribution in [1.82, 2.24) is 4.57 Å². The smallest absolute Gasteiger partial charge is 0.344 e. The van der Waals surface area contributed by atoms with E-state index in [1.807, 2.05) is 24.3 Å². The Morgan fingerprint density at radius 3 is 2.59 bits per heavy atom. The van der Waals surface area contributed by atoms with E-state index < -0.39 is 0 Å². The molecule has 3 rings (SSSR count). The first kappa shape index (κ1) is 14.4. The zero-order chi connectivity index (χ0) is 15.5. The summed E-state index contributed by atoms with van der Waals surface area (Å²) >= 11 is 0. The third-order valence-corrected chi connectivity index (χ3v) is 3.73. The van der Waals surface area contributed by atoms with Crippen LogP contribution in [0.1, 0.15) is 13.8 Å². The van der Waals surface area contributed by atoms with E-state index in [-0.39, 0.29) is 12.6 Å². The van der Waals surface area contributed by atoms with Gasteiger partial charge in [0, 0.05) is 22.8 Å². The van der Waals surface area contributed by atoms with Crippen LogP contribution in [0.3, 0.4) is 0 Å². The van der Waals surface area contributed by atoms with Crippen LogP contribution in [-0.2, 0) is 16.1 Å². The van der Waals surface area contributed by atoms with Crippen LogP contribution < -0.4 is 4.74 Å². The van der Waals surface area contributed by atoms with E-state index in [1.54, 1.807) is 6.92 Å². The Kier molecular flexibility index (Phi) is 4.00. The summed E-state index contributed by atoms with van der Waals surface area (Å²) in [4.78, 5) is 11.5. The summed E-state index contributed by atoms with van der Waals surface area (Å²) in [5.41, 5.74) is 2.29. The van der Waals surface area contributed by atoms with Gasteiger partial charge in [0.15, 0.2) is 6.61 Å². The SMILES string of the molecule is CCOC(=O)COc1cccc2c1c1ccccc1n2CC. The van der Waals surface area contributed by atoms with Crippen molar-refractivity contribution in [2.75, 3.05) is 13.2 Å². The molecule has 0 amide bonds. The summed E-state index contributed by atoms with van der Waals surface area (Å²) in [6.07, 6.45) is 0. The minimum atomic E-state index is -0.348. The van der Waals surface area contributed by atoms with Gasteiger partial charge in [-0.05, 0) is 32.0 Å². The van der Waals surface area contributed by atoms with Crippen molar-refractivity contribution < 1.29 is 14.3 Å². The number of aromatic nitrogens is 1. The highest BCUT2D eigenvalue weighted by atomic mass is 16.6. The predicted molar refractivity (Wildman–Crippen MR) is 87.2 cm³/mol. The third-order valence-electron chi connectivity index (χ3n) is 3.73. The fourth-order valence-electron chi connectivity index (χ4n) is 2.87. The topological polar surface area (TPSA) is 40.5 Å². The lowest BCUT2D eigenvalue weighted by molar-refractivity contribution is -0.145. The van der Waals surface area contributed by atoms with Crippen molar-refractivity contribution in [3.63, 3.8) is 0 Å². The zero-order valence-corrected chi connectivity index (χ0v) is 12.8. The van der Waals surface area contributed by atoms with Crippen LogP contribution in [0.2, 0.25) is 0 Å². The molecule has 1 aromatic heterocycles. The van der Waals surface area contributed by atoms with E-state index in [4.69, 9.17) is 9.47 Å². The maximum absolute atomic E-state index is 11.5.